The fourth-order valence-electron chi connectivity index (χ4n) is 2.14. The van der Waals surface area contributed by atoms with E-state index in [-0.39, 0.29) is 12.4 Å². The van der Waals surface area contributed by atoms with Crippen molar-refractivity contribution in [1.82, 2.24) is 5.32 Å². The second kappa shape index (κ2) is 5.48. The number of nitrogens with one attached hydrogen (secondary N) is 1. The normalized spacial score (nSPS) is 23.5. The van der Waals surface area contributed by atoms with Crippen LogP contribution < -0.4 is 17.7 Å². The number of nitrogens with zero attached hydrogens (tertiary/aromatic N) is 1. The Morgan fingerprint density at radius 1 is 1.08 bits per heavy atom. The van der Waals surface area contributed by atoms with Crippen LogP contribution in [0.3, 0.4) is 0 Å². The van der Waals surface area contributed by atoms with Crippen LogP contribution in [0.1, 0.15) is 44.9 Å². The van der Waals surface area contributed by atoms with Gasteiger partial charge >= 0.3 is 0 Å². The largest absolute Gasteiger partial charge is 1.00 e. The Morgan fingerprint density at radius 2 is 1.85 bits per heavy atom. The molecule has 1 saturated carbocycles. The zero-order chi connectivity index (χ0) is 8.23. The summed E-state index contributed by atoms with van der Waals surface area (Å²) in [6.07, 6.45) is 9.42. The van der Waals surface area contributed by atoms with Crippen molar-refractivity contribution in [2.45, 2.75) is 51.0 Å². The molecule has 2 rings (SSSR count). The second-order valence-corrected chi connectivity index (χ2v) is 3.91. The molecule has 0 bridgehead atoms. The molecule has 0 amide bonds. The Kier molecular flexibility index (Phi) is 4.57. The van der Waals surface area contributed by atoms with E-state index < -0.39 is 0 Å². The summed E-state index contributed by atoms with van der Waals surface area (Å²) in [5.41, 5.74) is 0. The summed E-state index contributed by atoms with van der Waals surface area (Å²) in [4.78, 5) is 4.44. The van der Waals surface area contributed by atoms with E-state index in [0.717, 1.165) is 12.6 Å². The molecule has 0 aromatic heterocycles. The van der Waals surface area contributed by atoms with Crippen molar-refractivity contribution in [2.75, 3.05) is 6.54 Å². The predicted molar refractivity (Wildman–Crippen MR) is 51.5 cm³/mol. The van der Waals surface area contributed by atoms with Crippen LogP contribution in [-0.4, -0.2) is 18.4 Å². The van der Waals surface area contributed by atoms with Crippen molar-refractivity contribution in [3.8, 4) is 0 Å². The fraction of sp³-hybridized carbons (Fsp3) is 0.900. The Hall–Kier alpha value is -0.240. The van der Waals surface area contributed by atoms with Gasteiger partial charge in [-0.25, -0.2) is 0 Å². The van der Waals surface area contributed by atoms with E-state index in [2.05, 4.69) is 10.3 Å². The van der Waals surface area contributed by atoms with Crippen LogP contribution in [0.2, 0.25) is 0 Å². The van der Waals surface area contributed by atoms with Crippen LogP contribution >= 0.6 is 0 Å². The lowest BCUT2D eigenvalue weighted by atomic mass is 9.95. The molecule has 0 radical (unpaired) electrons. The van der Waals surface area contributed by atoms with Crippen molar-refractivity contribution in [3.05, 3.63) is 0 Å². The lowest BCUT2D eigenvalue weighted by Crippen LogP contribution is -3.00. The molecule has 13 heavy (non-hydrogen) atoms. The fourth-order valence-corrected chi connectivity index (χ4v) is 2.14. The molecule has 1 heterocycles. The van der Waals surface area contributed by atoms with Crippen LogP contribution in [0, 0.1) is 0 Å². The average Bonchev–Trinajstić information content (AvgIpc) is 2.59. The highest BCUT2D eigenvalue weighted by molar-refractivity contribution is 5.83. The monoisotopic (exact) mass is 201 g/mol. The van der Waals surface area contributed by atoms with E-state index in [9.17, 15) is 0 Å². The van der Waals surface area contributed by atoms with Crippen LogP contribution in [0.25, 0.3) is 0 Å². The average molecular weight is 202 g/mol. The van der Waals surface area contributed by atoms with E-state index in [1.165, 1.54) is 50.8 Å². The molecule has 0 saturated heterocycles. The molecule has 1 N–H and O–H groups in total. The zero-order valence-corrected chi connectivity index (χ0v) is 8.82. The molecular formula is C10H18ClN2-. The van der Waals surface area contributed by atoms with Crippen molar-refractivity contribution in [3.63, 3.8) is 0 Å². The lowest BCUT2D eigenvalue weighted by Gasteiger charge is -2.23. The summed E-state index contributed by atoms with van der Waals surface area (Å²) >= 11 is 0. The Balaban J connectivity index is 0.000000845. The minimum atomic E-state index is 0. The standard InChI is InChI=1S/C10H18N2.ClH/c1-2-5-9(6-3-1)12-10-7-4-8-11-10;/h9H,1-8H2,(H,11,12);1H/p-1. The van der Waals surface area contributed by atoms with E-state index in [0.29, 0.717) is 0 Å². The predicted octanol–water partition coefficient (Wildman–Crippen LogP) is -0.895. The third-order valence-electron chi connectivity index (χ3n) is 2.85. The summed E-state index contributed by atoms with van der Waals surface area (Å²) in [6, 6.07) is 0.746. The van der Waals surface area contributed by atoms with Gasteiger partial charge in [-0.05, 0) is 19.3 Å². The smallest absolute Gasteiger partial charge is 0.0965 e. The van der Waals surface area contributed by atoms with Gasteiger partial charge < -0.3 is 17.7 Å². The number of hydrogen-bond donors (Lipinski definition) is 1. The van der Waals surface area contributed by atoms with Gasteiger partial charge in [-0.15, -0.1) is 0 Å². The zero-order valence-electron chi connectivity index (χ0n) is 8.06. The molecule has 1 aliphatic carbocycles. The van der Waals surface area contributed by atoms with Gasteiger partial charge in [0.2, 0.25) is 0 Å². The van der Waals surface area contributed by atoms with E-state index in [4.69, 9.17) is 0 Å². The molecule has 0 unspecified atom stereocenters. The van der Waals surface area contributed by atoms with E-state index >= 15 is 0 Å². The van der Waals surface area contributed by atoms with Crippen LogP contribution in [0.4, 0.5) is 0 Å². The van der Waals surface area contributed by atoms with Gasteiger partial charge in [0.1, 0.15) is 0 Å². The molecular weight excluding hydrogens is 184 g/mol. The number of aliphatic imine (C=N–C) groups is 1. The van der Waals surface area contributed by atoms with Crippen LogP contribution in [0.5, 0.6) is 0 Å². The molecule has 1 aliphatic heterocycles. The molecule has 1 fully saturated rings. The first-order valence-corrected chi connectivity index (χ1v) is 5.25. The molecule has 0 aromatic carbocycles. The van der Waals surface area contributed by atoms with E-state index in [1.54, 1.807) is 0 Å². The van der Waals surface area contributed by atoms with Gasteiger partial charge in [0, 0.05) is 19.0 Å². The number of halogens is 1. The topological polar surface area (TPSA) is 24.4 Å². The number of rotatable bonds is 1. The molecule has 3 heteroatoms. The first kappa shape index (κ1) is 10.8. The summed E-state index contributed by atoms with van der Waals surface area (Å²) in [7, 11) is 0. The van der Waals surface area contributed by atoms with Gasteiger partial charge in [0.25, 0.3) is 0 Å². The number of hydrogen-bond acceptors (Lipinski definition) is 2. The third kappa shape index (κ3) is 3.18. The highest BCUT2D eigenvalue weighted by Gasteiger charge is 2.15. The molecule has 2 nitrogen and oxygen atoms in total. The van der Waals surface area contributed by atoms with E-state index in [1.807, 2.05) is 0 Å². The summed E-state index contributed by atoms with van der Waals surface area (Å²) in [5, 5.41) is 3.57. The SMILES string of the molecule is C1CCC(NC2=NCCC2)CC1.[Cl-]. The Morgan fingerprint density at radius 3 is 2.46 bits per heavy atom. The maximum absolute atomic E-state index is 4.44. The van der Waals surface area contributed by atoms with Crippen molar-refractivity contribution < 1.29 is 12.4 Å². The first-order chi connectivity index (χ1) is 5.95. The molecule has 2 aliphatic rings. The maximum atomic E-state index is 4.44. The van der Waals surface area contributed by atoms with Gasteiger partial charge in [0.15, 0.2) is 0 Å². The van der Waals surface area contributed by atoms with Crippen molar-refractivity contribution >= 4 is 5.84 Å². The minimum Gasteiger partial charge on any atom is -1.00 e. The maximum Gasteiger partial charge on any atom is 0.0965 e. The highest BCUT2D eigenvalue weighted by atomic mass is 35.5. The van der Waals surface area contributed by atoms with Crippen molar-refractivity contribution in [2.24, 2.45) is 4.99 Å². The van der Waals surface area contributed by atoms with Crippen LogP contribution in [0.15, 0.2) is 4.99 Å². The molecule has 0 aromatic rings. The first-order valence-electron chi connectivity index (χ1n) is 5.25. The highest BCUT2D eigenvalue weighted by Crippen LogP contribution is 2.18. The molecule has 0 spiro atoms. The van der Waals surface area contributed by atoms with Gasteiger partial charge in [-0.2, -0.15) is 0 Å². The lowest BCUT2D eigenvalue weighted by molar-refractivity contribution is -0.00000276. The summed E-state index contributed by atoms with van der Waals surface area (Å²) in [6.45, 7) is 1.05. The van der Waals surface area contributed by atoms with Gasteiger partial charge in [-0.1, -0.05) is 19.3 Å². The van der Waals surface area contributed by atoms with Crippen molar-refractivity contribution in [1.29, 1.82) is 0 Å². The number of amidine groups is 1. The van der Waals surface area contributed by atoms with Gasteiger partial charge in [0.05, 0.1) is 5.84 Å². The van der Waals surface area contributed by atoms with Crippen LogP contribution in [-0.2, 0) is 0 Å². The minimum absolute atomic E-state index is 0. The Bertz CT molecular complexity index is 174. The quantitative estimate of drug-likeness (QED) is 0.585. The Labute approximate surface area is 86.6 Å². The van der Waals surface area contributed by atoms with Gasteiger partial charge in [-0.3, -0.25) is 4.99 Å². The second-order valence-electron chi connectivity index (χ2n) is 3.91. The molecule has 0 atom stereocenters. The molecule has 76 valence electrons. The summed E-state index contributed by atoms with van der Waals surface area (Å²) in [5.74, 6) is 1.28. The summed E-state index contributed by atoms with van der Waals surface area (Å²) < 4.78 is 0. The third-order valence-corrected chi connectivity index (χ3v) is 2.85.